The number of carboxylic acid groups (broad SMARTS) is 1. The first-order valence-corrected chi connectivity index (χ1v) is 7.38. The number of carbonyl (C=O) groups is 1. The predicted octanol–water partition coefficient (Wildman–Crippen LogP) is 3.27. The zero-order chi connectivity index (χ0) is 17.3. The van der Waals surface area contributed by atoms with Gasteiger partial charge in [0.15, 0.2) is 0 Å². The highest BCUT2D eigenvalue weighted by Crippen LogP contribution is 2.29. The van der Waals surface area contributed by atoms with Crippen molar-refractivity contribution in [1.29, 1.82) is 0 Å². The number of benzene rings is 1. The van der Waals surface area contributed by atoms with Crippen molar-refractivity contribution >= 4 is 11.9 Å². The summed E-state index contributed by atoms with van der Waals surface area (Å²) >= 11 is 0. The van der Waals surface area contributed by atoms with E-state index in [9.17, 15) is 23.1 Å². The minimum Gasteiger partial charge on any atom is -0.480 e. The zero-order valence-electron chi connectivity index (χ0n) is 12.5. The van der Waals surface area contributed by atoms with E-state index in [0.29, 0.717) is 24.9 Å². The number of aliphatic carboxylic acids is 1. The van der Waals surface area contributed by atoms with Crippen LogP contribution in [0.15, 0.2) is 30.3 Å². The third-order valence-electron chi connectivity index (χ3n) is 3.89. The standard InChI is InChI=1S/C16H14F3N3O2/c17-10-5-3-9(4-6-10)11-8-12(14(18)19)21-16(20-11)22-7-1-2-13(22)15(23)24/h3-6,8,13-14H,1-2,7H2,(H,23,24)/t13-/m0/s1. The van der Waals surface area contributed by atoms with Gasteiger partial charge < -0.3 is 10.0 Å². The molecule has 1 aliphatic heterocycles. The van der Waals surface area contributed by atoms with E-state index in [1.807, 2.05) is 0 Å². The molecule has 0 spiro atoms. The SMILES string of the molecule is O=C(O)[C@@H]1CCCN1c1nc(-c2ccc(F)cc2)cc(C(F)F)n1. The molecule has 0 radical (unpaired) electrons. The Morgan fingerprint density at radius 3 is 2.58 bits per heavy atom. The van der Waals surface area contributed by atoms with Crippen LogP contribution in [0.5, 0.6) is 0 Å². The Hall–Kier alpha value is -2.64. The summed E-state index contributed by atoms with van der Waals surface area (Å²) < 4.78 is 39.4. The fraction of sp³-hybridized carbons (Fsp3) is 0.312. The minimum absolute atomic E-state index is 0.0444. The number of nitrogens with zero attached hydrogens (tertiary/aromatic N) is 3. The normalized spacial score (nSPS) is 17.5. The summed E-state index contributed by atoms with van der Waals surface area (Å²) in [6, 6.07) is 5.56. The monoisotopic (exact) mass is 337 g/mol. The van der Waals surface area contributed by atoms with E-state index in [0.717, 1.165) is 6.07 Å². The van der Waals surface area contributed by atoms with E-state index in [-0.39, 0.29) is 11.6 Å². The van der Waals surface area contributed by atoms with Crippen molar-refractivity contribution < 1.29 is 23.1 Å². The van der Waals surface area contributed by atoms with Crippen LogP contribution in [0.25, 0.3) is 11.3 Å². The number of hydrogen-bond acceptors (Lipinski definition) is 4. The molecular weight excluding hydrogens is 323 g/mol. The second-order valence-corrected chi connectivity index (χ2v) is 5.48. The van der Waals surface area contributed by atoms with E-state index < -0.39 is 29.9 Å². The van der Waals surface area contributed by atoms with Crippen LogP contribution in [0.4, 0.5) is 19.1 Å². The number of halogens is 3. The van der Waals surface area contributed by atoms with Gasteiger partial charge in [0.1, 0.15) is 17.6 Å². The molecule has 0 saturated carbocycles. The van der Waals surface area contributed by atoms with Crippen molar-refractivity contribution in [2.45, 2.75) is 25.3 Å². The van der Waals surface area contributed by atoms with Crippen LogP contribution in [0.1, 0.15) is 25.0 Å². The third-order valence-corrected chi connectivity index (χ3v) is 3.89. The maximum Gasteiger partial charge on any atom is 0.326 e. The highest BCUT2D eigenvalue weighted by molar-refractivity contribution is 5.78. The minimum atomic E-state index is -2.82. The van der Waals surface area contributed by atoms with Gasteiger partial charge in [-0.1, -0.05) is 0 Å². The van der Waals surface area contributed by atoms with Gasteiger partial charge in [0.2, 0.25) is 5.95 Å². The summed E-state index contributed by atoms with van der Waals surface area (Å²) in [4.78, 5) is 20.8. The molecule has 5 nitrogen and oxygen atoms in total. The van der Waals surface area contributed by atoms with Crippen molar-refractivity contribution in [2.24, 2.45) is 0 Å². The molecule has 8 heteroatoms. The molecule has 126 valence electrons. The van der Waals surface area contributed by atoms with E-state index in [1.54, 1.807) is 0 Å². The van der Waals surface area contributed by atoms with Gasteiger partial charge in [-0.05, 0) is 43.2 Å². The van der Waals surface area contributed by atoms with Gasteiger partial charge in [-0.2, -0.15) is 0 Å². The van der Waals surface area contributed by atoms with Gasteiger partial charge in [0, 0.05) is 12.1 Å². The van der Waals surface area contributed by atoms with Crippen LogP contribution in [0.3, 0.4) is 0 Å². The highest BCUT2D eigenvalue weighted by atomic mass is 19.3. The van der Waals surface area contributed by atoms with E-state index in [1.165, 1.54) is 29.2 Å². The zero-order valence-corrected chi connectivity index (χ0v) is 12.5. The average molecular weight is 337 g/mol. The average Bonchev–Trinajstić information content (AvgIpc) is 3.05. The van der Waals surface area contributed by atoms with E-state index >= 15 is 0 Å². The summed E-state index contributed by atoms with van der Waals surface area (Å²) in [5, 5.41) is 9.25. The van der Waals surface area contributed by atoms with Crippen LogP contribution >= 0.6 is 0 Å². The van der Waals surface area contributed by atoms with Crippen molar-refractivity contribution in [1.82, 2.24) is 9.97 Å². The van der Waals surface area contributed by atoms with E-state index in [2.05, 4.69) is 9.97 Å². The molecular formula is C16H14F3N3O2. The van der Waals surface area contributed by atoms with Crippen LogP contribution in [-0.2, 0) is 4.79 Å². The number of aromatic nitrogens is 2. The fourth-order valence-corrected chi connectivity index (χ4v) is 2.72. The molecule has 24 heavy (non-hydrogen) atoms. The molecule has 1 fully saturated rings. The second-order valence-electron chi connectivity index (χ2n) is 5.48. The van der Waals surface area contributed by atoms with Gasteiger partial charge in [-0.15, -0.1) is 0 Å². The molecule has 1 aliphatic rings. The summed E-state index contributed by atoms with van der Waals surface area (Å²) in [7, 11) is 0. The lowest BCUT2D eigenvalue weighted by Crippen LogP contribution is -2.37. The molecule has 2 heterocycles. The number of alkyl halides is 2. The summed E-state index contributed by atoms with van der Waals surface area (Å²) in [6.07, 6.45) is -1.80. The van der Waals surface area contributed by atoms with Crippen LogP contribution < -0.4 is 4.90 Å². The highest BCUT2D eigenvalue weighted by Gasteiger charge is 2.33. The molecule has 3 rings (SSSR count). The first-order chi connectivity index (χ1) is 11.5. The summed E-state index contributed by atoms with van der Waals surface area (Å²) in [6.45, 7) is 0.381. The molecule has 0 bridgehead atoms. The number of carboxylic acids is 1. The number of anilines is 1. The Labute approximate surface area is 135 Å². The maximum atomic E-state index is 13.2. The predicted molar refractivity (Wildman–Crippen MR) is 80.4 cm³/mol. The van der Waals surface area contributed by atoms with Gasteiger partial charge in [-0.25, -0.2) is 27.9 Å². The lowest BCUT2D eigenvalue weighted by atomic mass is 10.1. The Kier molecular flexibility index (Phi) is 4.37. The Bertz CT molecular complexity index is 753. The van der Waals surface area contributed by atoms with Crippen LogP contribution in [0.2, 0.25) is 0 Å². The molecule has 1 atom stereocenters. The topological polar surface area (TPSA) is 66.3 Å². The maximum absolute atomic E-state index is 13.2. The van der Waals surface area contributed by atoms with E-state index in [4.69, 9.17) is 0 Å². The lowest BCUT2D eigenvalue weighted by Gasteiger charge is -2.22. The Morgan fingerprint density at radius 2 is 1.96 bits per heavy atom. The summed E-state index contributed by atoms with van der Waals surface area (Å²) in [5.74, 6) is -1.54. The third kappa shape index (κ3) is 3.17. The van der Waals surface area contributed by atoms with Gasteiger partial charge >= 0.3 is 5.97 Å². The van der Waals surface area contributed by atoms with Crippen molar-refractivity contribution in [3.8, 4) is 11.3 Å². The van der Waals surface area contributed by atoms with Gasteiger partial charge in [0.05, 0.1) is 5.69 Å². The lowest BCUT2D eigenvalue weighted by molar-refractivity contribution is -0.138. The van der Waals surface area contributed by atoms with Crippen LogP contribution in [-0.4, -0.2) is 33.6 Å². The molecule has 0 unspecified atom stereocenters. The van der Waals surface area contributed by atoms with Crippen molar-refractivity contribution in [3.63, 3.8) is 0 Å². The van der Waals surface area contributed by atoms with Gasteiger partial charge in [0.25, 0.3) is 6.43 Å². The largest absolute Gasteiger partial charge is 0.480 e. The first kappa shape index (κ1) is 16.2. The Balaban J connectivity index is 2.06. The quantitative estimate of drug-likeness (QED) is 0.927. The van der Waals surface area contributed by atoms with Crippen LogP contribution in [0, 0.1) is 5.82 Å². The van der Waals surface area contributed by atoms with Crippen molar-refractivity contribution in [2.75, 3.05) is 11.4 Å². The smallest absolute Gasteiger partial charge is 0.326 e. The fourth-order valence-electron chi connectivity index (χ4n) is 2.72. The molecule has 1 aromatic heterocycles. The number of rotatable bonds is 4. The summed E-state index contributed by atoms with van der Waals surface area (Å²) in [5.41, 5.74) is 0.162. The molecule has 2 aromatic rings. The first-order valence-electron chi connectivity index (χ1n) is 7.38. The molecule has 1 saturated heterocycles. The molecule has 0 amide bonds. The number of hydrogen-bond donors (Lipinski definition) is 1. The molecule has 1 N–H and O–H groups in total. The Morgan fingerprint density at radius 1 is 1.25 bits per heavy atom. The molecule has 1 aromatic carbocycles. The van der Waals surface area contributed by atoms with Crippen molar-refractivity contribution in [3.05, 3.63) is 41.8 Å². The van der Waals surface area contributed by atoms with Gasteiger partial charge in [-0.3, -0.25) is 0 Å². The second kappa shape index (κ2) is 6.46. The molecule has 0 aliphatic carbocycles.